The van der Waals surface area contributed by atoms with Crippen molar-refractivity contribution in [2.75, 3.05) is 19.8 Å². The number of benzene rings is 2. The van der Waals surface area contributed by atoms with Crippen LogP contribution in [-0.4, -0.2) is 25.7 Å². The molecule has 2 rings (SSSR count). The molecule has 0 aliphatic carbocycles. The summed E-state index contributed by atoms with van der Waals surface area (Å²) in [6.45, 7) is 5.63. The Labute approximate surface area is 154 Å². The highest BCUT2D eigenvalue weighted by Gasteiger charge is 2.07. The van der Waals surface area contributed by atoms with E-state index in [1.54, 1.807) is 6.07 Å². The van der Waals surface area contributed by atoms with Gasteiger partial charge in [-0.05, 0) is 55.7 Å². The summed E-state index contributed by atoms with van der Waals surface area (Å²) in [4.78, 5) is 12.0. The lowest BCUT2D eigenvalue weighted by Crippen LogP contribution is -2.27. The highest BCUT2D eigenvalue weighted by Crippen LogP contribution is 2.28. The van der Waals surface area contributed by atoms with E-state index in [-0.39, 0.29) is 5.91 Å². The third kappa shape index (κ3) is 6.31. The van der Waals surface area contributed by atoms with E-state index in [2.05, 4.69) is 5.32 Å². The number of hydrogen-bond donors (Lipinski definition) is 1. The molecule has 0 aliphatic rings. The van der Waals surface area contributed by atoms with Crippen molar-refractivity contribution in [3.8, 4) is 11.5 Å². The summed E-state index contributed by atoms with van der Waals surface area (Å²) in [7, 11) is 0. The van der Waals surface area contributed by atoms with Crippen molar-refractivity contribution in [1.29, 1.82) is 0 Å². The monoisotopic (exact) mass is 361 g/mol. The third-order valence-corrected chi connectivity index (χ3v) is 3.83. The van der Waals surface area contributed by atoms with Crippen molar-refractivity contribution in [1.82, 2.24) is 5.32 Å². The first-order chi connectivity index (χ1) is 12.1. The minimum absolute atomic E-state index is 0.0155. The van der Waals surface area contributed by atoms with Gasteiger partial charge in [-0.3, -0.25) is 4.79 Å². The highest BCUT2D eigenvalue weighted by atomic mass is 35.5. The topological polar surface area (TPSA) is 47.6 Å². The molecule has 2 aromatic carbocycles. The average molecular weight is 362 g/mol. The molecule has 5 heteroatoms. The fourth-order valence-corrected chi connectivity index (χ4v) is 2.70. The summed E-state index contributed by atoms with van der Waals surface area (Å²) in [6.07, 6.45) is 1.06. The predicted molar refractivity (Wildman–Crippen MR) is 101 cm³/mol. The Morgan fingerprint density at radius 1 is 1.00 bits per heavy atom. The first-order valence-electron chi connectivity index (χ1n) is 8.52. The van der Waals surface area contributed by atoms with Crippen molar-refractivity contribution in [3.63, 3.8) is 0 Å². The van der Waals surface area contributed by atoms with E-state index in [1.807, 2.05) is 50.2 Å². The van der Waals surface area contributed by atoms with Gasteiger partial charge in [0.1, 0.15) is 0 Å². The molecule has 0 aliphatic heterocycles. The van der Waals surface area contributed by atoms with Crippen LogP contribution in [0.3, 0.4) is 0 Å². The smallest absolute Gasteiger partial charge is 0.224 e. The predicted octanol–water partition coefficient (Wildman–Crippen LogP) is 4.04. The van der Waals surface area contributed by atoms with E-state index in [0.717, 1.165) is 29.0 Å². The van der Waals surface area contributed by atoms with E-state index < -0.39 is 0 Å². The van der Waals surface area contributed by atoms with Crippen molar-refractivity contribution in [2.24, 2.45) is 0 Å². The summed E-state index contributed by atoms with van der Waals surface area (Å²) >= 11 is 5.93. The Hall–Kier alpha value is -2.20. The van der Waals surface area contributed by atoms with Crippen LogP contribution in [0.15, 0.2) is 42.5 Å². The third-order valence-electron chi connectivity index (χ3n) is 3.60. The van der Waals surface area contributed by atoms with Crippen LogP contribution in [-0.2, 0) is 17.6 Å². The average Bonchev–Trinajstić information content (AvgIpc) is 2.57. The molecule has 25 heavy (non-hydrogen) atoms. The fraction of sp³-hybridized carbons (Fsp3) is 0.350. The zero-order valence-electron chi connectivity index (χ0n) is 14.7. The van der Waals surface area contributed by atoms with E-state index in [1.165, 1.54) is 0 Å². The Kier molecular flexibility index (Phi) is 7.61. The second-order valence-electron chi connectivity index (χ2n) is 5.55. The van der Waals surface area contributed by atoms with Crippen molar-refractivity contribution in [3.05, 3.63) is 58.6 Å². The van der Waals surface area contributed by atoms with Crippen molar-refractivity contribution in [2.45, 2.75) is 26.7 Å². The molecule has 0 radical (unpaired) electrons. The van der Waals surface area contributed by atoms with Gasteiger partial charge in [-0.2, -0.15) is 0 Å². The molecule has 0 bridgehead atoms. The van der Waals surface area contributed by atoms with Crippen molar-refractivity contribution < 1.29 is 14.3 Å². The Balaban J connectivity index is 1.86. The maximum Gasteiger partial charge on any atom is 0.224 e. The molecular formula is C20H24ClNO3. The van der Waals surface area contributed by atoms with Crippen LogP contribution >= 0.6 is 11.6 Å². The summed E-state index contributed by atoms with van der Waals surface area (Å²) < 4.78 is 11.2. The van der Waals surface area contributed by atoms with Gasteiger partial charge in [-0.1, -0.05) is 29.8 Å². The quantitative estimate of drug-likeness (QED) is 0.733. The molecule has 0 fully saturated rings. The van der Waals surface area contributed by atoms with E-state index in [4.69, 9.17) is 21.1 Å². The molecule has 2 aromatic rings. The van der Waals surface area contributed by atoms with Gasteiger partial charge in [-0.15, -0.1) is 0 Å². The fourth-order valence-electron chi connectivity index (χ4n) is 2.49. The lowest BCUT2D eigenvalue weighted by Gasteiger charge is -2.12. The van der Waals surface area contributed by atoms with E-state index >= 15 is 0 Å². The molecule has 0 saturated heterocycles. The normalized spacial score (nSPS) is 10.4. The van der Waals surface area contributed by atoms with Gasteiger partial charge in [0.15, 0.2) is 11.5 Å². The van der Waals surface area contributed by atoms with Gasteiger partial charge in [0, 0.05) is 11.6 Å². The molecule has 0 saturated carbocycles. The summed E-state index contributed by atoms with van der Waals surface area (Å²) in [5, 5.41) is 3.58. The SMILES string of the molecule is CCOc1ccc(CCNC(=O)Cc2cccc(Cl)c2)cc1OCC. The van der Waals surface area contributed by atoms with E-state index in [0.29, 0.717) is 31.2 Å². The largest absolute Gasteiger partial charge is 0.490 e. The number of hydrogen-bond acceptors (Lipinski definition) is 3. The zero-order chi connectivity index (χ0) is 18.1. The van der Waals surface area contributed by atoms with Crippen LogP contribution < -0.4 is 14.8 Å². The minimum Gasteiger partial charge on any atom is -0.490 e. The first kappa shape index (κ1) is 19.1. The van der Waals surface area contributed by atoms with E-state index in [9.17, 15) is 4.79 Å². The Bertz CT molecular complexity index is 703. The van der Waals surface area contributed by atoms with Gasteiger partial charge in [-0.25, -0.2) is 0 Å². The summed E-state index contributed by atoms with van der Waals surface area (Å²) in [5.74, 6) is 1.48. The molecule has 1 amide bonds. The van der Waals surface area contributed by atoms with Crippen LogP contribution in [0.25, 0.3) is 0 Å². The first-order valence-corrected chi connectivity index (χ1v) is 8.89. The van der Waals surface area contributed by atoms with Gasteiger partial charge < -0.3 is 14.8 Å². The van der Waals surface area contributed by atoms with Gasteiger partial charge >= 0.3 is 0 Å². The van der Waals surface area contributed by atoms with Crippen LogP contribution in [0.5, 0.6) is 11.5 Å². The molecule has 0 atom stereocenters. The van der Waals surface area contributed by atoms with Gasteiger partial charge in [0.25, 0.3) is 0 Å². The standard InChI is InChI=1S/C20H24ClNO3/c1-3-24-18-9-8-15(13-19(18)25-4-2)10-11-22-20(23)14-16-6-5-7-17(21)12-16/h5-9,12-13H,3-4,10-11,14H2,1-2H3,(H,22,23). The molecular weight excluding hydrogens is 338 g/mol. The van der Waals surface area contributed by atoms with Crippen LogP contribution in [0.4, 0.5) is 0 Å². The number of carbonyl (C=O) groups is 1. The second kappa shape index (κ2) is 9.94. The lowest BCUT2D eigenvalue weighted by molar-refractivity contribution is -0.120. The molecule has 134 valence electrons. The summed E-state index contributed by atoms with van der Waals surface area (Å²) in [5.41, 5.74) is 2.00. The van der Waals surface area contributed by atoms with Crippen molar-refractivity contribution >= 4 is 17.5 Å². The van der Waals surface area contributed by atoms with Crippen LogP contribution in [0.2, 0.25) is 5.02 Å². The number of ether oxygens (including phenoxy) is 2. The number of nitrogens with one attached hydrogen (secondary N) is 1. The molecule has 1 N–H and O–H groups in total. The lowest BCUT2D eigenvalue weighted by atomic mass is 10.1. The molecule has 0 unspecified atom stereocenters. The molecule has 4 nitrogen and oxygen atoms in total. The number of amides is 1. The number of halogens is 1. The molecule has 0 aromatic heterocycles. The molecule has 0 spiro atoms. The maximum absolute atomic E-state index is 12.0. The highest BCUT2D eigenvalue weighted by molar-refractivity contribution is 6.30. The van der Waals surface area contributed by atoms with Crippen LogP contribution in [0.1, 0.15) is 25.0 Å². The molecule has 0 heterocycles. The number of carbonyl (C=O) groups excluding carboxylic acids is 1. The zero-order valence-corrected chi connectivity index (χ0v) is 15.4. The maximum atomic E-state index is 12.0. The second-order valence-corrected chi connectivity index (χ2v) is 5.99. The summed E-state index contributed by atoms with van der Waals surface area (Å²) in [6, 6.07) is 13.2. The van der Waals surface area contributed by atoms with Gasteiger partial charge in [0.05, 0.1) is 19.6 Å². The minimum atomic E-state index is -0.0155. The Morgan fingerprint density at radius 3 is 2.48 bits per heavy atom. The van der Waals surface area contributed by atoms with Gasteiger partial charge in [0.2, 0.25) is 5.91 Å². The van der Waals surface area contributed by atoms with Crippen LogP contribution in [0, 0.1) is 0 Å². The number of rotatable bonds is 9. The Morgan fingerprint density at radius 2 is 1.76 bits per heavy atom.